The van der Waals surface area contributed by atoms with Crippen LogP contribution in [0.15, 0.2) is 54.6 Å². The van der Waals surface area contributed by atoms with Gasteiger partial charge in [0.15, 0.2) is 0 Å². The molecule has 1 aliphatic rings. The minimum Gasteiger partial charge on any atom is -0.494 e. The molecule has 1 heterocycles. The van der Waals surface area contributed by atoms with E-state index < -0.39 is 0 Å². The van der Waals surface area contributed by atoms with Crippen molar-refractivity contribution >= 4 is 12.4 Å². The number of nitrogens with zero attached hydrogens (tertiary/aromatic N) is 1. The van der Waals surface area contributed by atoms with Gasteiger partial charge in [-0.25, -0.2) is 4.39 Å². The molecule has 0 bridgehead atoms. The molecule has 0 amide bonds. The van der Waals surface area contributed by atoms with Crippen LogP contribution in [-0.4, -0.2) is 31.1 Å². The fourth-order valence-corrected chi connectivity index (χ4v) is 3.68. The Kier molecular flexibility index (Phi) is 9.65. The van der Waals surface area contributed by atoms with Gasteiger partial charge in [-0.2, -0.15) is 0 Å². The highest BCUT2D eigenvalue weighted by Crippen LogP contribution is 2.21. The Hall–Kier alpha value is -1.58. The fraction of sp³-hybridized carbons (Fsp3) is 0.478. The maximum absolute atomic E-state index is 12.9. The van der Waals surface area contributed by atoms with Crippen molar-refractivity contribution < 1.29 is 9.13 Å². The molecule has 27 heavy (non-hydrogen) atoms. The van der Waals surface area contributed by atoms with E-state index in [1.165, 1.54) is 69.4 Å². The van der Waals surface area contributed by atoms with Crippen molar-refractivity contribution in [2.45, 2.75) is 38.5 Å². The van der Waals surface area contributed by atoms with Gasteiger partial charge in [-0.05, 0) is 93.9 Å². The smallest absolute Gasteiger partial charge is 0.123 e. The Bertz CT molecular complexity index is 627. The number of benzene rings is 2. The first-order valence-electron chi connectivity index (χ1n) is 9.94. The Morgan fingerprint density at radius 1 is 0.926 bits per heavy atom. The molecule has 0 spiro atoms. The Labute approximate surface area is 169 Å². The summed E-state index contributed by atoms with van der Waals surface area (Å²) in [6.07, 6.45) is 7.39. The standard InChI is InChI=1S/C23H30FNO.ClH/c24-22-9-11-23(12-10-22)26-19-15-21-13-17-25(18-14-21)16-5-4-8-20-6-2-1-3-7-20;/h1-3,6-7,9-12,21H,4-5,8,13-19H2;1H. The van der Waals surface area contributed by atoms with Crippen LogP contribution in [0.1, 0.15) is 37.7 Å². The third kappa shape index (κ3) is 7.90. The molecule has 2 nitrogen and oxygen atoms in total. The highest BCUT2D eigenvalue weighted by atomic mass is 35.5. The van der Waals surface area contributed by atoms with E-state index in [0.29, 0.717) is 0 Å². The highest BCUT2D eigenvalue weighted by Gasteiger charge is 2.18. The van der Waals surface area contributed by atoms with Crippen LogP contribution >= 0.6 is 12.4 Å². The lowest BCUT2D eigenvalue weighted by Crippen LogP contribution is -2.34. The normalized spacial score (nSPS) is 15.3. The zero-order valence-corrected chi connectivity index (χ0v) is 16.8. The average Bonchev–Trinajstić information content (AvgIpc) is 2.69. The number of likely N-dealkylation sites (tertiary alicyclic amines) is 1. The number of rotatable bonds is 9. The van der Waals surface area contributed by atoms with Crippen LogP contribution in [0.3, 0.4) is 0 Å². The molecular weight excluding hydrogens is 361 g/mol. The minimum absolute atomic E-state index is 0. The maximum atomic E-state index is 12.9. The molecular formula is C23H31ClFNO. The summed E-state index contributed by atoms with van der Waals surface area (Å²) in [5.41, 5.74) is 1.45. The van der Waals surface area contributed by atoms with E-state index in [9.17, 15) is 4.39 Å². The third-order valence-electron chi connectivity index (χ3n) is 5.35. The zero-order chi connectivity index (χ0) is 18.0. The van der Waals surface area contributed by atoms with Gasteiger partial charge in [0.05, 0.1) is 6.61 Å². The second-order valence-electron chi connectivity index (χ2n) is 7.32. The summed E-state index contributed by atoms with van der Waals surface area (Å²) >= 11 is 0. The molecule has 1 aliphatic heterocycles. The van der Waals surface area contributed by atoms with Crippen molar-refractivity contribution in [1.82, 2.24) is 4.90 Å². The summed E-state index contributed by atoms with van der Waals surface area (Å²) in [6.45, 7) is 4.39. The van der Waals surface area contributed by atoms with Gasteiger partial charge in [0.1, 0.15) is 11.6 Å². The van der Waals surface area contributed by atoms with Crippen molar-refractivity contribution in [3.8, 4) is 5.75 Å². The van der Waals surface area contributed by atoms with E-state index >= 15 is 0 Å². The van der Waals surface area contributed by atoms with Crippen LogP contribution in [0.25, 0.3) is 0 Å². The number of ether oxygens (including phenoxy) is 1. The molecule has 0 aromatic heterocycles. The Morgan fingerprint density at radius 2 is 1.63 bits per heavy atom. The Morgan fingerprint density at radius 3 is 2.33 bits per heavy atom. The van der Waals surface area contributed by atoms with Crippen molar-refractivity contribution in [3.63, 3.8) is 0 Å². The summed E-state index contributed by atoms with van der Waals surface area (Å²) in [7, 11) is 0. The fourth-order valence-electron chi connectivity index (χ4n) is 3.68. The van der Waals surface area contributed by atoms with E-state index in [2.05, 4.69) is 35.2 Å². The molecule has 1 fully saturated rings. The monoisotopic (exact) mass is 391 g/mol. The van der Waals surface area contributed by atoms with Crippen molar-refractivity contribution in [1.29, 1.82) is 0 Å². The maximum Gasteiger partial charge on any atom is 0.123 e. The Balaban J connectivity index is 0.00000261. The van der Waals surface area contributed by atoms with Gasteiger partial charge in [-0.1, -0.05) is 30.3 Å². The average molecular weight is 392 g/mol. The van der Waals surface area contributed by atoms with Gasteiger partial charge in [0.2, 0.25) is 0 Å². The predicted octanol–water partition coefficient (Wildman–Crippen LogP) is 5.75. The first kappa shape index (κ1) is 21.7. The number of unbranched alkanes of at least 4 members (excludes halogenated alkanes) is 1. The molecule has 0 radical (unpaired) electrons. The van der Waals surface area contributed by atoms with E-state index in [1.807, 2.05) is 0 Å². The molecule has 0 atom stereocenters. The number of hydrogen-bond donors (Lipinski definition) is 0. The van der Waals surface area contributed by atoms with Crippen molar-refractivity contribution in [2.24, 2.45) is 5.92 Å². The quantitative estimate of drug-likeness (QED) is 0.504. The molecule has 0 saturated carbocycles. The first-order chi connectivity index (χ1) is 12.8. The van der Waals surface area contributed by atoms with Crippen LogP contribution in [0.2, 0.25) is 0 Å². The van der Waals surface area contributed by atoms with Gasteiger partial charge in [0, 0.05) is 0 Å². The van der Waals surface area contributed by atoms with Gasteiger partial charge in [-0.3, -0.25) is 0 Å². The summed E-state index contributed by atoms with van der Waals surface area (Å²) in [5, 5.41) is 0. The minimum atomic E-state index is -0.214. The molecule has 148 valence electrons. The number of halogens is 2. The molecule has 0 unspecified atom stereocenters. The van der Waals surface area contributed by atoms with Crippen LogP contribution < -0.4 is 4.74 Å². The predicted molar refractivity (Wildman–Crippen MR) is 112 cm³/mol. The van der Waals surface area contributed by atoms with Gasteiger partial charge in [0.25, 0.3) is 0 Å². The lowest BCUT2D eigenvalue weighted by molar-refractivity contribution is 0.161. The summed E-state index contributed by atoms with van der Waals surface area (Å²) < 4.78 is 18.6. The molecule has 4 heteroatoms. The van der Waals surface area contributed by atoms with Crippen molar-refractivity contribution in [3.05, 3.63) is 66.0 Å². The van der Waals surface area contributed by atoms with Crippen LogP contribution in [-0.2, 0) is 6.42 Å². The second-order valence-corrected chi connectivity index (χ2v) is 7.32. The van der Waals surface area contributed by atoms with Gasteiger partial charge in [-0.15, -0.1) is 12.4 Å². The number of aryl methyl sites for hydroxylation is 1. The van der Waals surface area contributed by atoms with E-state index in [-0.39, 0.29) is 18.2 Å². The summed E-state index contributed by atoms with van der Waals surface area (Å²) in [6, 6.07) is 17.1. The molecule has 0 N–H and O–H groups in total. The van der Waals surface area contributed by atoms with E-state index in [0.717, 1.165) is 24.7 Å². The molecule has 0 aliphatic carbocycles. The number of piperidine rings is 1. The van der Waals surface area contributed by atoms with Gasteiger partial charge < -0.3 is 9.64 Å². The van der Waals surface area contributed by atoms with E-state index in [1.54, 1.807) is 12.1 Å². The molecule has 1 saturated heterocycles. The SMILES string of the molecule is Cl.Fc1ccc(OCCC2CCN(CCCCc3ccccc3)CC2)cc1. The van der Waals surface area contributed by atoms with Crippen molar-refractivity contribution in [2.75, 3.05) is 26.2 Å². The summed E-state index contributed by atoms with van der Waals surface area (Å²) in [5.74, 6) is 1.31. The third-order valence-corrected chi connectivity index (χ3v) is 5.35. The highest BCUT2D eigenvalue weighted by molar-refractivity contribution is 5.85. The number of hydrogen-bond acceptors (Lipinski definition) is 2. The van der Waals surface area contributed by atoms with E-state index in [4.69, 9.17) is 4.74 Å². The second kappa shape index (κ2) is 12.0. The lowest BCUT2D eigenvalue weighted by atomic mass is 9.94. The molecule has 2 aromatic carbocycles. The van der Waals surface area contributed by atoms with Crippen LogP contribution in [0.4, 0.5) is 4.39 Å². The van der Waals surface area contributed by atoms with Crippen LogP contribution in [0, 0.1) is 11.7 Å². The molecule has 3 rings (SSSR count). The topological polar surface area (TPSA) is 12.5 Å². The van der Waals surface area contributed by atoms with Gasteiger partial charge >= 0.3 is 0 Å². The molecule has 2 aromatic rings. The lowest BCUT2D eigenvalue weighted by Gasteiger charge is -2.32. The zero-order valence-electron chi connectivity index (χ0n) is 16.0. The summed E-state index contributed by atoms with van der Waals surface area (Å²) in [4.78, 5) is 2.61. The largest absolute Gasteiger partial charge is 0.494 e. The van der Waals surface area contributed by atoms with Crippen LogP contribution in [0.5, 0.6) is 5.75 Å². The first-order valence-corrected chi connectivity index (χ1v) is 9.94.